The van der Waals surface area contributed by atoms with E-state index in [2.05, 4.69) is 21.9 Å². The molecule has 0 fully saturated rings. The quantitative estimate of drug-likeness (QED) is 0.446. The molecule has 0 bridgehead atoms. The highest BCUT2D eigenvalue weighted by Gasteiger charge is 2.15. The summed E-state index contributed by atoms with van der Waals surface area (Å²) in [6.07, 6.45) is 5.20. The van der Waals surface area contributed by atoms with Gasteiger partial charge in [-0.05, 0) is 12.7 Å². The summed E-state index contributed by atoms with van der Waals surface area (Å²) in [5.74, 6) is -0.419. The molecule has 5 nitrogen and oxygen atoms in total. The molecule has 1 rings (SSSR count). The minimum absolute atomic E-state index is 0.341. The minimum Gasteiger partial charge on any atom is -0.480 e. The number of anilines is 1. The number of aromatic nitrogens is 2. The van der Waals surface area contributed by atoms with E-state index < -0.39 is 12.0 Å². The van der Waals surface area contributed by atoms with Crippen LogP contribution in [0.25, 0.3) is 0 Å². The summed E-state index contributed by atoms with van der Waals surface area (Å²) in [7, 11) is 0. The Balaban J connectivity index is 2.76. The molecule has 86 valence electrons. The Morgan fingerprint density at radius 3 is 3.06 bits per heavy atom. The van der Waals surface area contributed by atoms with E-state index in [1.807, 2.05) is 6.26 Å². The van der Waals surface area contributed by atoms with Crippen molar-refractivity contribution in [2.24, 2.45) is 0 Å². The lowest BCUT2D eigenvalue weighted by Gasteiger charge is -2.12. The Hall–Kier alpha value is -1.56. The molecule has 0 radical (unpaired) electrons. The molecular formula is C10H13N3O2S. The molecule has 0 amide bonds. The fourth-order valence-corrected chi connectivity index (χ4v) is 1.48. The molecule has 2 N–H and O–H groups in total. The van der Waals surface area contributed by atoms with Gasteiger partial charge in [-0.3, -0.25) is 0 Å². The third-order valence-corrected chi connectivity index (χ3v) is 2.52. The van der Waals surface area contributed by atoms with Gasteiger partial charge < -0.3 is 10.4 Å². The number of nitrogens with one attached hydrogen (secondary N) is 1. The molecule has 0 saturated heterocycles. The van der Waals surface area contributed by atoms with Crippen LogP contribution in [0, 0.1) is 0 Å². The zero-order valence-corrected chi connectivity index (χ0v) is 9.70. The monoisotopic (exact) mass is 239 g/mol. The highest BCUT2D eigenvalue weighted by atomic mass is 32.2. The summed E-state index contributed by atoms with van der Waals surface area (Å²) < 4.78 is 0. The van der Waals surface area contributed by atoms with E-state index in [1.165, 1.54) is 18.1 Å². The van der Waals surface area contributed by atoms with Crippen molar-refractivity contribution in [2.75, 3.05) is 11.6 Å². The van der Waals surface area contributed by atoms with Crippen LogP contribution in [-0.2, 0) is 4.79 Å². The molecule has 0 saturated carbocycles. The van der Waals surface area contributed by atoms with Crippen molar-refractivity contribution in [1.82, 2.24) is 9.97 Å². The number of carboxylic acids is 1. The van der Waals surface area contributed by atoms with Crippen molar-refractivity contribution in [2.45, 2.75) is 17.5 Å². The molecule has 16 heavy (non-hydrogen) atoms. The van der Waals surface area contributed by atoms with Crippen LogP contribution in [0.5, 0.6) is 0 Å². The molecule has 1 unspecified atom stereocenters. The van der Waals surface area contributed by atoms with Gasteiger partial charge in [-0.25, -0.2) is 14.8 Å². The molecule has 1 atom stereocenters. The highest BCUT2D eigenvalue weighted by molar-refractivity contribution is 7.98. The Bertz CT molecular complexity index is 384. The lowest BCUT2D eigenvalue weighted by Crippen LogP contribution is -2.28. The molecule has 6 heteroatoms. The molecule has 1 heterocycles. The number of carbonyl (C=O) groups is 1. The first-order valence-electron chi connectivity index (χ1n) is 4.63. The van der Waals surface area contributed by atoms with E-state index in [0.717, 1.165) is 5.03 Å². The second-order valence-electron chi connectivity index (χ2n) is 3.01. The van der Waals surface area contributed by atoms with Crippen molar-refractivity contribution >= 4 is 23.5 Å². The van der Waals surface area contributed by atoms with Gasteiger partial charge in [-0.1, -0.05) is 6.08 Å². The summed E-state index contributed by atoms with van der Waals surface area (Å²) in [5.41, 5.74) is 0. The lowest BCUT2D eigenvalue weighted by atomic mass is 10.2. The fraction of sp³-hybridized carbons (Fsp3) is 0.300. The number of hydrogen-bond acceptors (Lipinski definition) is 5. The molecule has 0 aromatic carbocycles. The predicted octanol–water partition coefficient (Wildman–Crippen LogP) is 1.64. The normalized spacial score (nSPS) is 11.8. The summed E-state index contributed by atoms with van der Waals surface area (Å²) in [4.78, 5) is 18.8. The van der Waals surface area contributed by atoms with Crippen molar-refractivity contribution in [3.8, 4) is 0 Å². The van der Waals surface area contributed by atoms with Gasteiger partial charge in [-0.15, -0.1) is 18.3 Å². The highest BCUT2D eigenvalue weighted by Crippen LogP contribution is 2.14. The van der Waals surface area contributed by atoms with Crippen molar-refractivity contribution in [3.05, 3.63) is 25.0 Å². The molecule has 1 aromatic heterocycles. The van der Waals surface area contributed by atoms with E-state index in [1.54, 1.807) is 12.1 Å². The first-order valence-corrected chi connectivity index (χ1v) is 5.86. The average molecular weight is 239 g/mol. The third-order valence-electron chi connectivity index (χ3n) is 1.87. The van der Waals surface area contributed by atoms with Gasteiger partial charge in [0.25, 0.3) is 0 Å². The van der Waals surface area contributed by atoms with Crippen molar-refractivity contribution in [1.29, 1.82) is 0 Å². The van der Waals surface area contributed by atoms with Crippen LogP contribution in [0.2, 0.25) is 0 Å². The van der Waals surface area contributed by atoms with E-state index in [0.29, 0.717) is 12.2 Å². The van der Waals surface area contributed by atoms with Gasteiger partial charge in [0, 0.05) is 6.07 Å². The molecule has 0 aliphatic carbocycles. The number of hydrogen-bond donors (Lipinski definition) is 2. The Morgan fingerprint density at radius 2 is 2.50 bits per heavy atom. The van der Waals surface area contributed by atoms with E-state index >= 15 is 0 Å². The van der Waals surface area contributed by atoms with E-state index in [9.17, 15) is 4.79 Å². The maximum Gasteiger partial charge on any atom is 0.326 e. The van der Waals surface area contributed by atoms with Crippen LogP contribution in [0.15, 0.2) is 30.1 Å². The van der Waals surface area contributed by atoms with Crippen molar-refractivity contribution < 1.29 is 9.90 Å². The van der Waals surface area contributed by atoms with Crippen molar-refractivity contribution in [3.63, 3.8) is 0 Å². The SMILES string of the molecule is C=CCC(Nc1cc(SC)ncn1)C(=O)O. The molecule has 0 spiro atoms. The number of nitrogens with zero attached hydrogens (tertiary/aromatic N) is 2. The largest absolute Gasteiger partial charge is 0.480 e. The zero-order chi connectivity index (χ0) is 12.0. The minimum atomic E-state index is -0.927. The van der Waals surface area contributed by atoms with Gasteiger partial charge in [0.1, 0.15) is 23.2 Å². The van der Waals surface area contributed by atoms with Crippen LogP contribution in [0.1, 0.15) is 6.42 Å². The maximum absolute atomic E-state index is 10.9. The van der Waals surface area contributed by atoms with Gasteiger partial charge in [0.15, 0.2) is 0 Å². The van der Waals surface area contributed by atoms with Gasteiger partial charge >= 0.3 is 5.97 Å². The first kappa shape index (κ1) is 12.5. The third kappa shape index (κ3) is 3.54. The number of carboxylic acid groups (broad SMARTS) is 1. The number of aliphatic carboxylic acids is 1. The van der Waals surface area contributed by atoms with E-state index in [-0.39, 0.29) is 0 Å². The summed E-state index contributed by atoms with van der Waals surface area (Å²) in [6.45, 7) is 3.52. The average Bonchev–Trinajstić information content (AvgIpc) is 2.28. The Morgan fingerprint density at radius 1 is 1.75 bits per heavy atom. The zero-order valence-electron chi connectivity index (χ0n) is 8.88. The molecule has 0 aliphatic heterocycles. The van der Waals surface area contributed by atoms with Crippen LogP contribution >= 0.6 is 11.8 Å². The maximum atomic E-state index is 10.9. The van der Waals surface area contributed by atoms with Gasteiger partial charge in [0.05, 0.1) is 0 Å². The van der Waals surface area contributed by atoms with Gasteiger partial charge in [-0.2, -0.15) is 0 Å². The Kier molecular flexibility index (Phi) is 4.78. The molecule has 0 aliphatic rings. The van der Waals surface area contributed by atoms with E-state index in [4.69, 9.17) is 5.11 Å². The smallest absolute Gasteiger partial charge is 0.326 e. The van der Waals surface area contributed by atoms with Crippen LogP contribution in [-0.4, -0.2) is 33.3 Å². The topological polar surface area (TPSA) is 75.1 Å². The lowest BCUT2D eigenvalue weighted by molar-refractivity contribution is -0.137. The van der Waals surface area contributed by atoms with Crippen LogP contribution in [0.3, 0.4) is 0 Å². The van der Waals surface area contributed by atoms with Gasteiger partial charge in [0.2, 0.25) is 0 Å². The first-order chi connectivity index (χ1) is 7.67. The number of thioether (sulfide) groups is 1. The standard InChI is InChI=1S/C10H13N3O2S/c1-3-4-7(10(14)15)13-8-5-9(16-2)12-6-11-8/h3,5-7H,1,4H2,2H3,(H,14,15)(H,11,12,13). The Labute approximate surface area is 98.0 Å². The van der Waals surface area contributed by atoms with Crippen LogP contribution in [0.4, 0.5) is 5.82 Å². The second kappa shape index (κ2) is 6.12. The number of rotatable bonds is 6. The van der Waals surface area contributed by atoms with Crippen LogP contribution < -0.4 is 5.32 Å². The summed E-state index contributed by atoms with van der Waals surface area (Å²) in [6, 6.07) is 1.01. The summed E-state index contributed by atoms with van der Waals surface area (Å²) in [5, 5.41) is 12.5. The second-order valence-corrected chi connectivity index (χ2v) is 3.83. The predicted molar refractivity (Wildman–Crippen MR) is 63.7 cm³/mol. The fourth-order valence-electron chi connectivity index (χ4n) is 1.10. The summed E-state index contributed by atoms with van der Waals surface area (Å²) >= 11 is 1.47. The molecule has 1 aromatic rings. The molecular weight excluding hydrogens is 226 g/mol.